The number of carbonyl (C=O) groups excluding carboxylic acids is 1. The molecular weight excluding hydrogens is 376 g/mol. The molecule has 0 saturated heterocycles. The Morgan fingerprint density at radius 1 is 1.23 bits per heavy atom. The maximum atomic E-state index is 12.7. The van der Waals surface area contributed by atoms with Gasteiger partial charge in [0, 0.05) is 32.1 Å². The molecule has 2 atom stereocenters. The molecule has 7 nitrogen and oxygen atoms in total. The number of halogens is 1. The van der Waals surface area contributed by atoms with Crippen molar-refractivity contribution in [1.82, 2.24) is 4.31 Å². The fourth-order valence-corrected chi connectivity index (χ4v) is 4.69. The fraction of sp³-hybridized carbons (Fsp3) is 0.588. The number of rotatable bonds is 7. The number of anilines is 2. The van der Waals surface area contributed by atoms with Gasteiger partial charge in [-0.2, -0.15) is 4.31 Å². The van der Waals surface area contributed by atoms with Crippen LogP contribution in [-0.4, -0.2) is 44.8 Å². The van der Waals surface area contributed by atoms with Crippen molar-refractivity contribution in [2.45, 2.75) is 44.0 Å². The monoisotopic (exact) mass is 404 g/mol. The van der Waals surface area contributed by atoms with Crippen molar-refractivity contribution in [2.24, 2.45) is 11.7 Å². The quantitative estimate of drug-likeness (QED) is 0.646. The van der Waals surface area contributed by atoms with Crippen LogP contribution in [0.15, 0.2) is 23.1 Å². The standard InChI is InChI=1S/C17H28N4O3S.ClH/c1-4-21(5-2)25(23,24)14-8-9-15(19-3)16(11-14)20-17(22)12-6-7-13(18)10-12;/h8-9,11-13,19H,4-7,10,18H2,1-3H3,(H,20,22);1H. The van der Waals surface area contributed by atoms with Crippen molar-refractivity contribution in [3.05, 3.63) is 18.2 Å². The van der Waals surface area contributed by atoms with Crippen LogP contribution in [0.5, 0.6) is 0 Å². The van der Waals surface area contributed by atoms with E-state index in [4.69, 9.17) is 5.73 Å². The Bertz CT molecular complexity index is 723. The van der Waals surface area contributed by atoms with Crippen LogP contribution in [0, 0.1) is 5.92 Å². The summed E-state index contributed by atoms with van der Waals surface area (Å²) in [5, 5.41) is 5.86. The lowest BCUT2D eigenvalue weighted by Crippen LogP contribution is -2.30. The summed E-state index contributed by atoms with van der Waals surface area (Å²) in [6.45, 7) is 4.40. The third-order valence-electron chi connectivity index (χ3n) is 4.71. The van der Waals surface area contributed by atoms with E-state index >= 15 is 0 Å². The molecule has 1 aromatic carbocycles. The zero-order valence-electron chi connectivity index (χ0n) is 15.5. The number of hydrogen-bond donors (Lipinski definition) is 3. The Morgan fingerprint density at radius 2 is 1.88 bits per heavy atom. The number of sulfonamides is 1. The van der Waals surface area contributed by atoms with Crippen LogP contribution in [0.2, 0.25) is 0 Å². The fourth-order valence-electron chi connectivity index (χ4n) is 3.21. The van der Waals surface area contributed by atoms with E-state index in [9.17, 15) is 13.2 Å². The van der Waals surface area contributed by atoms with E-state index in [2.05, 4.69) is 10.6 Å². The molecule has 26 heavy (non-hydrogen) atoms. The number of nitrogens with two attached hydrogens (primary N) is 1. The zero-order valence-corrected chi connectivity index (χ0v) is 17.1. The minimum atomic E-state index is -3.58. The van der Waals surface area contributed by atoms with Gasteiger partial charge < -0.3 is 16.4 Å². The highest BCUT2D eigenvalue weighted by Crippen LogP contribution is 2.30. The second kappa shape index (κ2) is 9.55. The van der Waals surface area contributed by atoms with Crippen LogP contribution >= 0.6 is 12.4 Å². The second-order valence-corrected chi connectivity index (χ2v) is 8.24. The molecule has 9 heteroatoms. The molecule has 1 aliphatic carbocycles. The molecule has 1 fully saturated rings. The molecule has 148 valence electrons. The minimum Gasteiger partial charge on any atom is -0.386 e. The minimum absolute atomic E-state index is 0. The van der Waals surface area contributed by atoms with E-state index < -0.39 is 10.0 Å². The summed E-state index contributed by atoms with van der Waals surface area (Å²) in [6, 6.07) is 4.81. The molecule has 0 bridgehead atoms. The van der Waals surface area contributed by atoms with Crippen molar-refractivity contribution in [3.63, 3.8) is 0 Å². The maximum absolute atomic E-state index is 12.7. The Labute approximate surface area is 162 Å². The molecule has 1 amide bonds. The lowest BCUT2D eigenvalue weighted by molar-refractivity contribution is -0.119. The number of carbonyl (C=O) groups is 1. The number of hydrogen-bond acceptors (Lipinski definition) is 5. The molecule has 0 spiro atoms. The van der Waals surface area contributed by atoms with Gasteiger partial charge in [-0.3, -0.25) is 4.79 Å². The van der Waals surface area contributed by atoms with Crippen LogP contribution in [0.3, 0.4) is 0 Å². The third kappa shape index (κ3) is 4.88. The first kappa shape index (κ1) is 22.7. The van der Waals surface area contributed by atoms with Crippen molar-refractivity contribution in [2.75, 3.05) is 30.8 Å². The van der Waals surface area contributed by atoms with Crippen molar-refractivity contribution in [1.29, 1.82) is 0 Å². The van der Waals surface area contributed by atoms with E-state index in [1.54, 1.807) is 33.0 Å². The Morgan fingerprint density at radius 3 is 2.38 bits per heavy atom. The van der Waals surface area contributed by atoms with Crippen LogP contribution in [0.1, 0.15) is 33.1 Å². The lowest BCUT2D eigenvalue weighted by atomic mass is 10.1. The molecule has 2 rings (SSSR count). The predicted octanol–water partition coefficient (Wildman–Crippen LogP) is 2.25. The van der Waals surface area contributed by atoms with Gasteiger partial charge in [-0.05, 0) is 37.5 Å². The summed E-state index contributed by atoms with van der Waals surface area (Å²) >= 11 is 0. The summed E-state index contributed by atoms with van der Waals surface area (Å²) in [7, 11) is -1.85. The normalized spacial score (nSPS) is 19.9. The van der Waals surface area contributed by atoms with Crippen LogP contribution in [0.25, 0.3) is 0 Å². The van der Waals surface area contributed by atoms with Gasteiger partial charge in [0.1, 0.15) is 0 Å². The molecule has 0 aliphatic heterocycles. The highest BCUT2D eigenvalue weighted by molar-refractivity contribution is 7.89. The molecule has 1 aliphatic rings. The SMILES string of the molecule is CCN(CC)S(=O)(=O)c1ccc(NC)c(NC(=O)C2CCC(N)C2)c1.Cl. The van der Waals surface area contributed by atoms with E-state index in [1.165, 1.54) is 10.4 Å². The van der Waals surface area contributed by atoms with E-state index in [1.807, 2.05) is 0 Å². The molecule has 1 saturated carbocycles. The number of benzene rings is 1. The van der Waals surface area contributed by atoms with Crippen molar-refractivity contribution >= 4 is 39.7 Å². The highest BCUT2D eigenvalue weighted by Gasteiger charge is 2.29. The van der Waals surface area contributed by atoms with Gasteiger partial charge in [-0.1, -0.05) is 13.8 Å². The number of nitrogens with one attached hydrogen (secondary N) is 2. The first-order valence-electron chi connectivity index (χ1n) is 8.71. The molecule has 0 radical (unpaired) electrons. The summed E-state index contributed by atoms with van der Waals surface area (Å²) < 4.78 is 26.8. The van der Waals surface area contributed by atoms with E-state index in [0.717, 1.165) is 12.8 Å². The molecule has 2 unspecified atom stereocenters. The van der Waals surface area contributed by atoms with Gasteiger partial charge in [-0.15, -0.1) is 12.4 Å². The largest absolute Gasteiger partial charge is 0.386 e. The molecular formula is C17H29ClN4O3S. The van der Waals surface area contributed by atoms with Gasteiger partial charge in [-0.25, -0.2) is 8.42 Å². The van der Waals surface area contributed by atoms with Crippen molar-refractivity contribution in [3.8, 4) is 0 Å². The summed E-state index contributed by atoms with van der Waals surface area (Å²) in [5.41, 5.74) is 7.03. The Balaban J connectivity index is 0.00000338. The van der Waals surface area contributed by atoms with Crippen LogP contribution in [-0.2, 0) is 14.8 Å². The summed E-state index contributed by atoms with van der Waals surface area (Å²) in [4.78, 5) is 12.7. The van der Waals surface area contributed by atoms with E-state index in [-0.39, 0.29) is 35.2 Å². The van der Waals surface area contributed by atoms with Gasteiger partial charge >= 0.3 is 0 Å². The Hall–Kier alpha value is -1.35. The molecule has 0 heterocycles. The number of amides is 1. The smallest absolute Gasteiger partial charge is 0.243 e. The third-order valence-corrected chi connectivity index (χ3v) is 6.75. The summed E-state index contributed by atoms with van der Waals surface area (Å²) in [6.07, 6.45) is 2.27. The summed E-state index contributed by atoms with van der Waals surface area (Å²) in [5.74, 6) is -0.232. The van der Waals surface area contributed by atoms with Gasteiger partial charge in [0.15, 0.2) is 0 Å². The average molecular weight is 405 g/mol. The first-order valence-corrected chi connectivity index (χ1v) is 10.2. The van der Waals surface area contributed by atoms with Crippen molar-refractivity contribution < 1.29 is 13.2 Å². The Kier molecular flexibility index (Phi) is 8.33. The highest BCUT2D eigenvalue weighted by atomic mass is 35.5. The first-order chi connectivity index (χ1) is 11.8. The van der Waals surface area contributed by atoms with Gasteiger partial charge in [0.05, 0.1) is 16.3 Å². The van der Waals surface area contributed by atoms with E-state index in [0.29, 0.717) is 30.9 Å². The van der Waals surface area contributed by atoms with Gasteiger partial charge in [0.2, 0.25) is 15.9 Å². The average Bonchev–Trinajstić information content (AvgIpc) is 3.02. The lowest BCUT2D eigenvalue weighted by Gasteiger charge is -2.20. The molecule has 1 aromatic rings. The molecule has 4 N–H and O–H groups in total. The topological polar surface area (TPSA) is 105 Å². The zero-order chi connectivity index (χ0) is 18.6. The van der Waals surface area contributed by atoms with Crippen LogP contribution < -0.4 is 16.4 Å². The second-order valence-electron chi connectivity index (χ2n) is 6.31. The molecule has 0 aromatic heterocycles. The predicted molar refractivity (Wildman–Crippen MR) is 107 cm³/mol. The maximum Gasteiger partial charge on any atom is 0.243 e. The number of nitrogens with zero attached hydrogens (tertiary/aromatic N) is 1. The van der Waals surface area contributed by atoms with Crippen LogP contribution in [0.4, 0.5) is 11.4 Å². The van der Waals surface area contributed by atoms with Gasteiger partial charge in [0.25, 0.3) is 0 Å².